The Bertz CT molecular complexity index is 1350. The van der Waals surface area contributed by atoms with E-state index < -0.39 is 11.8 Å². The van der Waals surface area contributed by atoms with Crippen LogP contribution < -0.4 is 0 Å². The fraction of sp³-hybridized carbons (Fsp3) is 0.280. The van der Waals surface area contributed by atoms with Gasteiger partial charge in [-0.3, -0.25) is 9.59 Å². The molecule has 2 aromatic heterocycles. The Morgan fingerprint density at radius 3 is 1.57 bits per heavy atom. The summed E-state index contributed by atoms with van der Waals surface area (Å²) >= 11 is 0. The third-order valence-corrected chi connectivity index (χ3v) is 5.62. The van der Waals surface area contributed by atoms with Gasteiger partial charge in [0, 0.05) is 23.6 Å². The summed E-state index contributed by atoms with van der Waals surface area (Å²) in [6, 6.07) is 11.2. The highest BCUT2D eigenvalue weighted by Gasteiger charge is 2.12. The first kappa shape index (κ1) is 23.8. The molecule has 0 saturated carbocycles. The highest BCUT2D eigenvalue weighted by atomic mass is 16.3. The number of carbonyl (C=O) groups is 2. The zero-order valence-electron chi connectivity index (χ0n) is 19.5. The molecular weight excluding hydrogens is 448 g/mol. The molecule has 0 bridgehead atoms. The maximum atomic E-state index is 12.1. The van der Waals surface area contributed by atoms with Crippen molar-refractivity contribution < 1.29 is 19.8 Å². The number of carbonyl (C=O) groups excluding carboxylic acids is 2. The molecule has 0 atom stereocenters. The second kappa shape index (κ2) is 10.3. The SMILES string of the molecule is Cc1ccc2[nH]c(O)c(N=NC(=O)CCCCCC(=O)N=Nc3c(O)[nH]c4ccc(C)cc34)c2c1. The quantitative estimate of drug-likeness (QED) is 0.169. The van der Waals surface area contributed by atoms with Crippen LogP contribution in [0.2, 0.25) is 0 Å². The van der Waals surface area contributed by atoms with Gasteiger partial charge >= 0.3 is 0 Å². The van der Waals surface area contributed by atoms with E-state index in [1.807, 2.05) is 50.2 Å². The molecule has 4 aromatic rings. The van der Waals surface area contributed by atoms with E-state index >= 15 is 0 Å². The van der Waals surface area contributed by atoms with E-state index in [1.165, 1.54) is 0 Å². The molecule has 0 aliphatic carbocycles. The van der Waals surface area contributed by atoms with Crippen molar-refractivity contribution in [2.45, 2.75) is 46.0 Å². The lowest BCUT2D eigenvalue weighted by Gasteiger charge is -1.97. The molecular formula is C25H26N6O4. The van der Waals surface area contributed by atoms with Gasteiger partial charge in [0.05, 0.1) is 11.0 Å². The van der Waals surface area contributed by atoms with E-state index in [-0.39, 0.29) is 36.0 Å². The number of unbranched alkanes of at least 4 members (excludes halogenated alkanes) is 2. The largest absolute Gasteiger partial charge is 0.493 e. The van der Waals surface area contributed by atoms with Crippen molar-refractivity contribution in [2.75, 3.05) is 0 Å². The van der Waals surface area contributed by atoms with E-state index in [9.17, 15) is 19.8 Å². The Balaban J connectivity index is 1.23. The zero-order valence-corrected chi connectivity index (χ0v) is 19.5. The molecule has 0 fully saturated rings. The first-order valence-electron chi connectivity index (χ1n) is 11.3. The number of hydrogen-bond donors (Lipinski definition) is 4. The molecule has 0 aliphatic rings. The summed E-state index contributed by atoms with van der Waals surface area (Å²) in [7, 11) is 0. The van der Waals surface area contributed by atoms with Crippen molar-refractivity contribution in [3.05, 3.63) is 47.5 Å². The van der Waals surface area contributed by atoms with E-state index in [4.69, 9.17) is 0 Å². The molecule has 0 unspecified atom stereocenters. The van der Waals surface area contributed by atoms with Crippen LogP contribution in [-0.2, 0) is 9.59 Å². The number of aryl methyl sites for hydroxylation is 2. The first-order valence-corrected chi connectivity index (χ1v) is 11.3. The van der Waals surface area contributed by atoms with E-state index in [2.05, 4.69) is 30.4 Å². The molecule has 2 amide bonds. The van der Waals surface area contributed by atoms with Gasteiger partial charge in [-0.15, -0.1) is 20.5 Å². The molecule has 10 nitrogen and oxygen atoms in total. The third kappa shape index (κ3) is 5.60. The van der Waals surface area contributed by atoms with E-state index in [1.54, 1.807) is 0 Å². The van der Waals surface area contributed by atoms with Gasteiger partial charge in [0.1, 0.15) is 0 Å². The smallest absolute Gasteiger partial charge is 0.264 e. The minimum absolute atomic E-state index is 0.133. The number of aromatic amines is 2. The fourth-order valence-electron chi connectivity index (χ4n) is 3.80. The number of amides is 2. The summed E-state index contributed by atoms with van der Waals surface area (Å²) in [5.74, 6) is -1.07. The number of hydrogen-bond acceptors (Lipinski definition) is 6. The lowest BCUT2D eigenvalue weighted by atomic mass is 10.1. The van der Waals surface area contributed by atoms with Crippen LogP contribution in [0.4, 0.5) is 11.4 Å². The molecule has 0 spiro atoms. The summed E-state index contributed by atoms with van der Waals surface area (Å²) < 4.78 is 0. The van der Waals surface area contributed by atoms with Gasteiger partial charge in [-0.1, -0.05) is 29.7 Å². The summed E-state index contributed by atoms with van der Waals surface area (Å²) in [5.41, 5.74) is 3.91. The second-order valence-electron chi connectivity index (χ2n) is 8.49. The summed E-state index contributed by atoms with van der Waals surface area (Å²) in [6.45, 7) is 3.85. The van der Waals surface area contributed by atoms with E-state index in [0.29, 0.717) is 41.1 Å². The number of fused-ring (bicyclic) bond motifs is 2. The number of azo groups is 2. The van der Waals surface area contributed by atoms with E-state index in [0.717, 1.165) is 11.1 Å². The third-order valence-electron chi connectivity index (χ3n) is 5.62. The molecule has 35 heavy (non-hydrogen) atoms. The number of aromatic nitrogens is 2. The van der Waals surface area contributed by atoms with Crippen LogP contribution in [0.15, 0.2) is 56.9 Å². The Hall–Kier alpha value is -4.34. The summed E-state index contributed by atoms with van der Waals surface area (Å²) in [5, 5.41) is 36.8. The Kier molecular flexibility index (Phi) is 7.00. The highest BCUT2D eigenvalue weighted by Crippen LogP contribution is 2.37. The van der Waals surface area contributed by atoms with Crippen molar-refractivity contribution in [1.29, 1.82) is 0 Å². The minimum atomic E-state index is -0.400. The van der Waals surface area contributed by atoms with Gasteiger partial charge < -0.3 is 20.2 Å². The van der Waals surface area contributed by atoms with Crippen molar-refractivity contribution in [3.8, 4) is 11.8 Å². The van der Waals surface area contributed by atoms with Crippen molar-refractivity contribution in [2.24, 2.45) is 20.5 Å². The molecule has 10 heteroatoms. The van der Waals surface area contributed by atoms with Crippen molar-refractivity contribution in [1.82, 2.24) is 9.97 Å². The lowest BCUT2D eigenvalue weighted by molar-refractivity contribution is -0.118. The normalized spacial score (nSPS) is 11.9. The Labute approximate surface area is 200 Å². The highest BCUT2D eigenvalue weighted by molar-refractivity contribution is 5.95. The fourth-order valence-corrected chi connectivity index (χ4v) is 3.80. The van der Waals surface area contributed by atoms with Crippen LogP contribution in [0.5, 0.6) is 11.8 Å². The lowest BCUT2D eigenvalue weighted by Crippen LogP contribution is -1.94. The summed E-state index contributed by atoms with van der Waals surface area (Å²) in [4.78, 5) is 29.8. The van der Waals surface area contributed by atoms with Crippen LogP contribution in [0.25, 0.3) is 21.8 Å². The minimum Gasteiger partial charge on any atom is -0.493 e. The van der Waals surface area contributed by atoms with Crippen molar-refractivity contribution >= 4 is 45.0 Å². The summed E-state index contributed by atoms with van der Waals surface area (Å²) in [6.07, 6.45) is 2.10. The average Bonchev–Trinajstić information content (AvgIpc) is 3.30. The first-order chi connectivity index (χ1) is 16.8. The molecule has 0 radical (unpaired) electrons. The van der Waals surface area contributed by atoms with Crippen molar-refractivity contribution in [3.63, 3.8) is 0 Å². The number of nitrogens with one attached hydrogen (secondary N) is 2. The molecule has 2 aromatic carbocycles. The molecule has 0 saturated heterocycles. The predicted molar refractivity (Wildman–Crippen MR) is 132 cm³/mol. The van der Waals surface area contributed by atoms with Gasteiger partial charge in [0.2, 0.25) is 11.8 Å². The Morgan fingerprint density at radius 2 is 1.14 bits per heavy atom. The monoisotopic (exact) mass is 474 g/mol. The Morgan fingerprint density at radius 1 is 0.714 bits per heavy atom. The maximum absolute atomic E-state index is 12.1. The number of benzene rings is 2. The van der Waals surface area contributed by atoms with Gasteiger partial charge in [-0.2, -0.15) is 0 Å². The molecule has 4 N–H and O–H groups in total. The standard InChI is InChI=1S/C25H26N6O4/c1-14-8-10-18-16(12-14)22(24(34)26-18)30-28-20(32)6-4-3-5-7-21(33)29-31-23-17-13-15(2)9-11-19(17)27-25(23)35/h8-13,26-27,34-35H,3-7H2,1-2H3. The topological polar surface area (TPSA) is 156 Å². The van der Waals surface area contributed by atoms with Crippen LogP contribution in [0.3, 0.4) is 0 Å². The van der Waals surface area contributed by atoms with Gasteiger partial charge in [-0.25, -0.2) is 0 Å². The number of aromatic hydroxyl groups is 2. The van der Waals surface area contributed by atoms with Gasteiger partial charge in [0.25, 0.3) is 11.8 Å². The zero-order chi connectivity index (χ0) is 24.9. The average molecular weight is 475 g/mol. The molecule has 2 heterocycles. The van der Waals surface area contributed by atoms with Gasteiger partial charge in [-0.05, 0) is 51.0 Å². The number of rotatable bonds is 8. The molecule has 4 rings (SSSR count). The van der Waals surface area contributed by atoms with Gasteiger partial charge in [0.15, 0.2) is 11.4 Å². The maximum Gasteiger partial charge on any atom is 0.264 e. The molecule has 180 valence electrons. The van der Waals surface area contributed by atoms with Crippen LogP contribution >= 0.6 is 0 Å². The second-order valence-corrected chi connectivity index (χ2v) is 8.49. The molecule has 0 aliphatic heterocycles. The number of nitrogens with zero attached hydrogens (tertiary/aromatic N) is 4. The predicted octanol–water partition coefficient (Wildman–Crippen LogP) is 6.55. The van der Waals surface area contributed by atoms with Crippen LogP contribution in [0, 0.1) is 13.8 Å². The van der Waals surface area contributed by atoms with Crippen LogP contribution in [-0.4, -0.2) is 32.0 Å². The van der Waals surface area contributed by atoms with Crippen LogP contribution in [0.1, 0.15) is 43.2 Å². The number of H-pyrrole nitrogens is 2.